The van der Waals surface area contributed by atoms with E-state index in [1.165, 1.54) is 11.1 Å². The van der Waals surface area contributed by atoms with Crippen LogP contribution in [0, 0.1) is 13.8 Å². The molecule has 0 radical (unpaired) electrons. The van der Waals surface area contributed by atoms with E-state index in [1.54, 1.807) is 0 Å². The Bertz CT molecular complexity index is 330. The molecule has 0 heterocycles. The molecule has 13 heavy (non-hydrogen) atoms. The SMILES string of the molecule is Cc1ccccc1C.O=S(=O)(O)Cl. The summed E-state index contributed by atoms with van der Waals surface area (Å²) in [6.07, 6.45) is 0. The Morgan fingerprint density at radius 2 is 1.38 bits per heavy atom. The number of hydrogen-bond acceptors (Lipinski definition) is 2. The zero-order valence-electron chi connectivity index (χ0n) is 7.36. The highest BCUT2D eigenvalue weighted by molar-refractivity contribution is 8.09. The highest BCUT2D eigenvalue weighted by Gasteiger charge is 1.86. The molecule has 0 saturated carbocycles. The Kier molecular flexibility index (Phi) is 4.98. The van der Waals surface area contributed by atoms with Gasteiger partial charge in [0.2, 0.25) is 0 Å². The van der Waals surface area contributed by atoms with Gasteiger partial charge in [-0.2, -0.15) is 8.42 Å². The number of aryl methyl sites for hydroxylation is 2. The average molecular weight is 223 g/mol. The first-order valence-electron chi connectivity index (χ1n) is 3.50. The van der Waals surface area contributed by atoms with Gasteiger partial charge in [0.1, 0.15) is 0 Å². The van der Waals surface area contributed by atoms with Crippen LogP contribution in [0.5, 0.6) is 0 Å². The molecule has 1 N–H and O–H groups in total. The van der Waals surface area contributed by atoms with Gasteiger partial charge in [-0.3, -0.25) is 4.55 Å². The first-order chi connectivity index (χ1) is 5.80. The van der Waals surface area contributed by atoms with Crippen molar-refractivity contribution < 1.29 is 13.0 Å². The van der Waals surface area contributed by atoms with Gasteiger partial charge in [0.15, 0.2) is 0 Å². The Morgan fingerprint density at radius 3 is 1.54 bits per heavy atom. The lowest BCUT2D eigenvalue weighted by Crippen LogP contribution is -1.77. The van der Waals surface area contributed by atoms with Gasteiger partial charge in [-0.15, -0.1) is 0 Å². The van der Waals surface area contributed by atoms with Gasteiger partial charge in [-0.25, -0.2) is 0 Å². The van der Waals surface area contributed by atoms with E-state index in [2.05, 4.69) is 48.8 Å². The molecule has 0 fully saturated rings. The van der Waals surface area contributed by atoms with Gasteiger partial charge in [0.05, 0.1) is 0 Å². The molecule has 0 atom stereocenters. The summed E-state index contributed by atoms with van der Waals surface area (Å²) in [7, 11) is -0.137. The molecule has 5 heteroatoms. The molecule has 0 aliphatic rings. The van der Waals surface area contributed by atoms with Crippen LogP contribution in [0.3, 0.4) is 0 Å². The summed E-state index contributed by atoms with van der Waals surface area (Å²) < 4.78 is 25.2. The van der Waals surface area contributed by atoms with Crippen molar-refractivity contribution in [2.45, 2.75) is 13.8 Å². The monoisotopic (exact) mass is 222 g/mol. The predicted octanol–water partition coefficient (Wildman–Crippen LogP) is 2.33. The normalized spacial score (nSPS) is 10.2. The molecule has 1 aromatic carbocycles. The van der Waals surface area contributed by atoms with Gasteiger partial charge in [-0.05, 0) is 25.0 Å². The van der Waals surface area contributed by atoms with E-state index in [1.807, 2.05) is 0 Å². The second-order valence-corrected chi connectivity index (χ2v) is 4.49. The lowest BCUT2D eigenvalue weighted by molar-refractivity contribution is 0.501. The number of rotatable bonds is 0. The number of hydrogen-bond donors (Lipinski definition) is 1. The average Bonchev–Trinajstić information content (AvgIpc) is 1.92. The van der Waals surface area contributed by atoms with Crippen molar-refractivity contribution in [3.63, 3.8) is 0 Å². The predicted molar refractivity (Wildman–Crippen MR) is 53.3 cm³/mol. The maximum absolute atomic E-state index is 8.95. The Labute approximate surface area is 82.6 Å². The second-order valence-electron chi connectivity index (χ2n) is 2.50. The molecule has 0 aliphatic carbocycles. The minimum Gasteiger partial charge on any atom is -0.273 e. The largest absolute Gasteiger partial charge is 0.353 e. The van der Waals surface area contributed by atoms with Crippen molar-refractivity contribution in [3.8, 4) is 0 Å². The third kappa shape index (κ3) is 9.33. The maximum atomic E-state index is 8.95. The van der Waals surface area contributed by atoms with Crippen molar-refractivity contribution in [1.82, 2.24) is 0 Å². The fraction of sp³-hybridized carbons (Fsp3) is 0.250. The molecule has 0 amide bonds. The summed E-state index contributed by atoms with van der Waals surface area (Å²) in [5.74, 6) is 0. The second kappa shape index (κ2) is 5.21. The lowest BCUT2D eigenvalue weighted by Gasteiger charge is -1.93. The molecule has 1 aromatic rings. The van der Waals surface area contributed by atoms with Gasteiger partial charge >= 0.3 is 9.33 Å². The minimum absolute atomic E-state index is 1.37. The van der Waals surface area contributed by atoms with Crippen LogP contribution in [0.2, 0.25) is 0 Å². The molecule has 0 spiro atoms. The van der Waals surface area contributed by atoms with E-state index in [9.17, 15) is 0 Å². The van der Waals surface area contributed by atoms with Crippen LogP contribution in [0.4, 0.5) is 0 Å². The van der Waals surface area contributed by atoms with E-state index < -0.39 is 9.33 Å². The van der Waals surface area contributed by atoms with E-state index in [4.69, 9.17) is 13.0 Å². The van der Waals surface area contributed by atoms with Gasteiger partial charge in [0, 0.05) is 10.7 Å². The first kappa shape index (κ1) is 12.4. The summed E-state index contributed by atoms with van der Waals surface area (Å²) >= 11 is 0. The van der Waals surface area contributed by atoms with Crippen LogP contribution in [0.15, 0.2) is 24.3 Å². The third-order valence-corrected chi connectivity index (χ3v) is 1.43. The van der Waals surface area contributed by atoms with Crippen molar-refractivity contribution in [2.75, 3.05) is 0 Å². The fourth-order valence-electron chi connectivity index (χ4n) is 0.663. The standard InChI is InChI=1S/C8H10.ClHO3S/c1-7-5-3-4-6-8(7)2;1-5(2,3)4/h3-6H,1-2H3;(H,2,3,4). The van der Waals surface area contributed by atoms with Crippen molar-refractivity contribution in [1.29, 1.82) is 0 Å². The lowest BCUT2D eigenvalue weighted by atomic mass is 10.1. The first-order valence-corrected chi connectivity index (χ1v) is 5.76. The third-order valence-electron chi connectivity index (χ3n) is 1.43. The fourth-order valence-corrected chi connectivity index (χ4v) is 0.663. The molecule has 74 valence electrons. The van der Waals surface area contributed by atoms with Crippen LogP contribution in [-0.4, -0.2) is 13.0 Å². The minimum atomic E-state index is -4.19. The van der Waals surface area contributed by atoms with Gasteiger partial charge in [-0.1, -0.05) is 24.3 Å². The molecule has 0 aromatic heterocycles. The zero-order valence-corrected chi connectivity index (χ0v) is 8.93. The molecule has 1 rings (SSSR count). The van der Waals surface area contributed by atoms with Crippen LogP contribution >= 0.6 is 10.7 Å². The summed E-state index contributed by atoms with van der Waals surface area (Å²) in [6.45, 7) is 4.24. The molecule has 0 bridgehead atoms. The molecule has 0 saturated heterocycles. The quantitative estimate of drug-likeness (QED) is 0.542. The Balaban J connectivity index is 0.000000252. The molecular formula is C8H11ClO3S. The van der Waals surface area contributed by atoms with E-state index in [0.29, 0.717) is 0 Å². The highest BCUT2D eigenvalue weighted by atomic mass is 35.7. The topological polar surface area (TPSA) is 54.4 Å². The van der Waals surface area contributed by atoms with Crippen LogP contribution in [0.1, 0.15) is 11.1 Å². The van der Waals surface area contributed by atoms with Gasteiger partial charge in [0.25, 0.3) is 0 Å². The molecule has 3 nitrogen and oxygen atoms in total. The van der Waals surface area contributed by atoms with Crippen LogP contribution in [-0.2, 0) is 9.33 Å². The zero-order chi connectivity index (χ0) is 10.5. The Morgan fingerprint density at radius 1 is 1.15 bits per heavy atom. The Hall–Kier alpha value is -0.580. The summed E-state index contributed by atoms with van der Waals surface area (Å²) in [4.78, 5) is 0. The number of halogens is 1. The van der Waals surface area contributed by atoms with E-state index in [0.717, 1.165) is 0 Å². The smallest absolute Gasteiger partial charge is 0.273 e. The number of benzene rings is 1. The maximum Gasteiger partial charge on any atom is 0.353 e. The van der Waals surface area contributed by atoms with Crippen LogP contribution < -0.4 is 0 Å². The summed E-state index contributed by atoms with van der Waals surface area (Å²) in [5.41, 5.74) is 2.74. The molecule has 0 aliphatic heterocycles. The van der Waals surface area contributed by atoms with Crippen molar-refractivity contribution in [3.05, 3.63) is 35.4 Å². The van der Waals surface area contributed by atoms with Crippen molar-refractivity contribution in [2.24, 2.45) is 0 Å². The van der Waals surface area contributed by atoms with Gasteiger partial charge < -0.3 is 0 Å². The summed E-state index contributed by atoms with van der Waals surface area (Å²) in [5, 5.41) is 0. The van der Waals surface area contributed by atoms with E-state index in [-0.39, 0.29) is 0 Å². The highest BCUT2D eigenvalue weighted by Crippen LogP contribution is 2.02. The van der Waals surface area contributed by atoms with E-state index >= 15 is 0 Å². The molecule has 0 unspecified atom stereocenters. The summed E-state index contributed by atoms with van der Waals surface area (Å²) in [6, 6.07) is 8.36. The van der Waals surface area contributed by atoms with Crippen LogP contribution in [0.25, 0.3) is 0 Å². The van der Waals surface area contributed by atoms with Crippen molar-refractivity contribution >= 4 is 20.0 Å². The molecular weight excluding hydrogens is 212 g/mol.